The zero-order valence-electron chi connectivity index (χ0n) is 16.9. The van der Waals surface area contributed by atoms with E-state index in [1.807, 2.05) is 18.2 Å². The Morgan fingerprint density at radius 3 is 2.46 bits per heavy atom. The number of piperidine rings is 1. The van der Waals surface area contributed by atoms with Crippen LogP contribution in [0.5, 0.6) is 0 Å². The van der Waals surface area contributed by atoms with E-state index in [0.29, 0.717) is 5.91 Å². The molecule has 4 heteroatoms. The van der Waals surface area contributed by atoms with E-state index >= 15 is 0 Å². The lowest BCUT2D eigenvalue weighted by Crippen LogP contribution is -3.11. The molecule has 3 nitrogen and oxygen atoms in total. The van der Waals surface area contributed by atoms with Crippen LogP contribution in [-0.2, 0) is 17.9 Å². The molecule has 28 heavy (non-hydrogen) atoms. The number of halogens is 1. The van der Waals surface area contributed by atoms with Gasteiger partial charge >= 0.3 is 0 Å². The summed E-state index contributed by atoms with van der Waals surface area (Å²) in [7, 11) is 0. The van der Waals surface area contributed by atoms with Crippen molar-refractivity contribution >= 4 is 17.5 Å². The smallest absolute Gasteiger partial charge is 0.226 e. The van der Waals surface area contributed by atoms with Gasteiger partial charge in [0.1, 0.15) is 6.54 Å². The number of unbranched alkanes of at least 4 members (excludes halogenated alkanes) is 1. The second-order valence-electron chi connectivity index (χ2n) is 7.93. The van der Waals surface area contributed by atoms with E-state index in [2.05, 4.69) is 48.2 Å². The molecule has 0 aliphatic carbocycles. The molecule has 0 aromatic heterocycles. The number of nitrogens with one attached hydrogen (secondary N) is 1. The zero-order valence-corrected chi connectivity index (χ0v) is 17.6. The Balaban J connectivity index is 1.55. The number of carbonyl (C=O) groups excluding carboxylic acids is 1. The van der Waals surface area contributed by atoms with Crippen LogP contribution >= 0.6 is 11.6 Å². The van der Waals surface area contributed by atoms with Crippen LogP contribution in [0.15, 0.2) is 54.6 Å². The fraction of sp³-hybridized carbons (Fsp3) is 0.458. The van der Waals surface area contributed by atoms with Gasteiger partial charge in [-0.25, -0.2) is 0 Å². The first-order chi connectivity index (χ1) is 13.7. The van der Waals surface area contributed by atoms with E-state index in [-0.39, 0.29) is 5.92 Å². The maximum Gasteiger partial charge on any atom is 0.226 e. The van der Waals surface area contributed by atoms with Crippen molar-refractivity contribution < 1.29 is 9.69 Å². The molecule has 0 unspecified atom stereocenters. The number of benzene rings is 2. The molecule has 2 aromatic rings. The number of quaternary nitrogens is 1. The Morgan fingerprint density at radius 2 is 1.79 bits per heavy atom. The third kappa shape index (κ3) is 6.08. The first-order valence-corrected chi connectivity index (χ1v) is 10.9. The van der Waals surface area contributed by atoms with Gasteiger partial charge in [0.25, 0.3) is 0 Å². The average Bonchev–Trinajstić information content (AvgIpc) is 2.72. The monoisotopic (exact) mass is 399 g/mol. The fourth-order valence-corrected chi connectivity index (χ4v) is 4.28. The molecular formula is C24H32ClN2O+. The van der Waals surface area contributed by atoms with Crippen LogP contribution in [0, 0.1) is 5.92 Å². The molecule has 1 heterocycles. The van der Waals surface area contributed by atoms with Crippen molar-refractivity contribution in [1.29, 1.82) is 0 Å². The number of carbonyl (C=O) groups is 1. The Morgan fingerprint density at radius 1 is 1.07 bits per heavy atom. The van der Waals surface area contributed by atoms with Gasteiger partial charge in [0.05, 0.1) is 13.1 Å². The van der Waals surface area contributed by atoms with E-state index in [0.717, 1.165) is 63.4 Å². The minimum absolute atomic E-state index is 0.170. The first-order valence-electron chi connectivity index (χ1n) is 10.6. The van der Waals surface area contributed by atoms with E-state index in [9.17, 15) is 4.79 Å². The van der Waals surface area contributed by atoms with Crippen LogP contribution in [0.2, 0.25) is 5.02 Å². The molecule has 0 radical (unpaired) electrons. The lowest BCUT2D eigenvalue weighted by Gasteiger charge is -2.32. The maximum absolute atomic E-state index is 13.2. The molecule has 1 aliphatic rings. The van der Waals surface area contributed by atoms with Crippen molar-refractivity contribution in [1.82, 2.24) is 4.90 Å². The van der Waals surface area contributed by atoms with Crippen LogP contribution in [0.25, 0.3) is 0 Å². The molecule has 0 spiro atoms. The van der Waals surface area contributed by atoms with Crippen molar-refractivity contribution in [2.75, 3.05) is 19.6 Å². The van der Waals surface area contributed by atoms with Gasteiger partial charge in [0.15, 0.2) is 0 Å². The number of hydrogen-bond donors (Lipinski definition) is 1. The van der Waals surface area contributed by atoms with E-state index in [1.165, 1.54) is 11.1 Å². The lowest BCUT2D eigenvalue weighted by molar-refractivity contribution is -0.919. The van der Waals surface area contributed by atoms with Crippen LogP contribution < -0.4 is 4.90 Å². The molecule has 0 atom stereocenters. The summed E-state index contributed by atoms with van der Waals surface area (Å²) >= 11 is 6.11. The largest absolute Gasteiger partial charge is 0.338 e. The summed E-state index contributed by atoms with van der Waals surface area (Å²) in [6.07, 6.45) is 4.14. The van der Waals surface area contributed by atoms with E-state index in [1.54, 1.807) is 4.90 Å². The Kier molecular flexibility index (Phi) is 7.93. The number of rotatable bonds is 8. The predicted octanol–water partition coefficient (Wildman–Crippen LogP) is 3.96. The van der Waals surface area contributed by atoms with Gasteiger partial charge < -0.3 is 9.80 Å². The highest BCUT2D eigenvalue weighted by atomic mass is 35.5. The highest BCUT2D eigenvalue weighted by molar-refractivity contribution is 6.30. The second kappa shape index (κ2) is 10.6. The highest BCUT2D eigenvalue weighted by Crippen LogP contribution is 2.17. The van der Waals surface area contributed by atoms with Crippen molar-refractivity contribution in [3.8, 4) is 0 Å². The second-order valence-corrected chi connectivity index (χ2v) is 8.37. The van der Waals surface area contributed by atoms with Gasteiger partial charge in [-0.15, -0.1) is 0 Å². The summed E-state index contributed by atoms with van der Waals surface area (Å²) in [6, 6.07) is 18.5. The Hall–Kier alpha value is -1.84. The van der Waals surface area contributed by atoms with Crippen molar-refractivity contribution in [3.05, 3.63) is 70.7 Å². The highest BCUT2D eigenvalue weighted by Gasteiger charge is 2.30. The summed E-state index contributed by atoms with van der Waals surface area (Å²) in [5, 5.41) is 0.800. The lowest BCUT2D eigenvalue weighted by atomic mass is 9.94. The van der Waals surface area contributed by atoms with E-state index in [4.69, 9.17) is 11.6 Å². The topological polar surface area (TPSA) is 24.8 Å². The molecule has 0 saturated carbocycles. The summed E-state index contributed by atoms with van der Waals surface area (Å²) in [5.74, 6) is 0.516. The predicted molar refractivity (Wildman–Crippen MR) is 115 cm³/mol. The van der Waals surface area contributed by atoms with E-state index < -0.39 is 0 Å². The van der Waals surface area contributed by atoms with Crippen molar-refractivity contribution in [2.24, 2.45) is 5.92 Å². The van der Waals surface area contributed by atoms with Crippen LogP contribution in [0.1, 0.15) is 43.7 Å². The molecule has 2 aromatic carbocycles. The molecule has 0 bridgehead atoms. The van der Waals surface area contributed by atoms with Crippen LogP contribution in [0.3, 0.4) is 0 Å². The third-order valence-corrected chi connectivity index (χ3v) is 5.93. The number of likely N-dealkylation sites (tertiary alicyclic amines) is 1. The summed E-state index contributed by atoms with van der Waals surface area (Å²) < 4.78 is 0. The molecule has 1 amide bonds. The van der Waals surface area contributed by atoms with Gasteiger partial charge in [0, 0.05) is 42.4 Å². The van der Waals surface area contributed by atoms with Gasteiger partial charge in [-0.1, -0.05) is 67.4 Å². The van der Waals surface area contributed by atoms with Gasteiger partial charge in [-0.2, -0.15) is 0 Å². The quantitative estimate of drug-likeness (QED) is 0.713. The number of amides is 1. The molecule has 150 valence electrons. The molecular weight excluding hydrogens is 368 g/mol. The van der Waals surface area contributed by atoms with Crippen molar-refractivity contribution in [3.63, 3.8) is 0 Å². The summed E-state index contributed by atoms with van der Waals surface area (Å²) in [4.78, 5) is 16.9. The van der Waals surface area contributed by atoms with Crippen LogP contribution in [0.4, 0.5) is 0 Å². The van der Waals surface area contributed by atoms with Gasteiger partial charge in [-0.05, 0) is 24.1 Å². The minimum atomic E-state index is 0.170. The zero-order chi connectivity index (χ0) is 19.8. The molecule has 1 fully saturated rings. The van der Waals surface area contributed by atoms with Crippen LogP contribution in [-0.4, -0.2) is 30.4 Å². The average molecular weight is 400 g/mol. The third-order valence-electron chi connectivity index (χ3n) is 5.69. The van der Waals surface area contributed by atoms with Gasteiger partial charge in [0.2, 0.25) is 5.91 Å². The fourth-order valence-electron chi connectivity index (χ4n) is 4.06. The molecule has 3 rings (SSSR count). The Labute approximate surface area is 174 Å². The molecule has 1 N–H and O–H groups in total. The SMILES string of the molecule is CCCCN(Cc1ccccc1)C(=O)C1CC[NH+](Cc2cccc(Cl)c2)CC1. The molecule has 1 aliphatic heterocycles. The first kappa shape index (κ1) is 20.9. The number of hydrogen-bond acceptors (Lipinski definition) is 1. The summed E-state index contributed by atoms with van der Waals surface area (Å²) in [6.45, 7) is 6.87. The standard InChI is InChI=1S/C24H31ClN2O/c1-2-3-14-27(19-20-8-5-4-6-9-20)24(28)22-12-15-26(16-13-22)18-21-10-7-11-23(25)17-21/h4-11,17,22H,2-3,12-16,18-19H2,1H3/p+1. The minimum Gasteiger partial charge on any atom is -0.338 e. The maximum atomic E-state index is 13.2. The van der Waals surface area contributed by atoms with Crippen molar-refractivity contribution in [2.45, 2.75) is 45.7 Å². The Bertz CT molecular complexity index is 741. The number of nitrogens with zero attached hydrogens (tertiary/aromatic N) is 1. The molecule has 1 saturated heterocycles. The normalized spacial score (nSPS) is 19.4. The van der Waals surface area contributed by atoms with Gasteiger partial charge in [-0.3, -0.25) is 4.79 Å². The summed E-state index contributed by atoms with van der Waals surface area (Å²) in [5.41, 5.74) is 2.50.